The van der Waals surface area contributed by atoms with Crippen LogP contribution in [0.1, 0.15) is 24.8 Å². The van der Waals surface area contributed by atoms with Gasteiger partial charge in [-0.15, -0.1) is 0 Å². The summed E-state index contributed by atoms with van der Waals surface area (Å²) in [5, 5.41) is 0. The molecule has 3 nitrogen and oxygen atoms in total. The van der Waals surface area contributed by atoms with E-state index < -0.39 is 0 Å². The zero-order chi connectivity index (χ0) is 12.0. The van der Waals surface area contributed by atoms with E-state index in [-0.39, 0.29) is 0 Å². The van der Waals surface area contributed by atoms with Crippen LogP contribution in [0.5, 0.6) is 5.75 Å². The van der Waals surface area contributed by atoms with Crippen molar-refractivity contribution in [2.24, 2.45) is 4.99 Å². The summed E-state index contributed by atoms with van der Waals surface area (Å²) in [7, 11) is 3.89. The lowest BCUT2D eigenvalue weighted by molar-refractivity contribution is 0.279. The number of nitrogens with zero attached hydrogens (tertiary/aromatic N) is 2. The number of aliphatic imine (C=N–C) groups is 1. The van der Waals surface area contributed by atoms with Crippen molar-refractivity contribution in [2.75, 3.05) is 20.7 Å². The number of fused-ring (bicyclic) bond motifs is 3. The Morgan fingerprint density at radius 2 is 2.24 bits per heavy atom. The standard InChI is InChI=1S/C14H18N2O/c1-9-14-11(6-7-16(9)2)12-8-10(17-3)4-5-13(12)15-14/h4-5,8-9,11H,6-7H2,1-3H3. The largest absolute Gasteiger partial charge is 0.497 e. The van der Waals surface area contributed by atoms with Crippen LogP contribution in [0.2, 0.25) is 0 Å². The Kier molecular flexibility index (Phi) is 2.44. The summed E-state index contributed by atoms with van der Waals surface area (Å²) in [5.41, 5.74) is 3.80. The minimum atomic E-state index is 0.451. The smallest absolute Gasteiger partial charge is 0.119 e. The summed E-state index contributed by atoms with van der Waals surface area (Å²) < 4.78 is 5.31. The number of likely N-dealkylation sites (tertiary alicyclic amines) is 1. The quantitative estimate of drug-likeness (QED) is 0.740. The fourth-order valence-electron chi connectivity index (χ4n) is 2.86. The van der Waals surface area contributed by atoms with Crippen LogP contribution >= 0.6 is 0 Å². The average Bonchev–Trinajstić information content (AvgIpc) is 2.72. The number of benzene rings is 1. The van der Waals surface area contributed by atoms with Gasteiger partial charge in [0.1, 0.15) is 5.75 Å². The van der Waals surface area contributed by atoms with Gasteiger partial charge in [-0.05, 0) is 50.7 Å². The van der Waals surface area contributed by atoms with Gasteiger partial charge >= 0.3 is 0 Å². The van der Waals surface area contributed by atoms with Crippen molar-refractivity contribution >= 4 is 11.4 Å². The van der Waals surface area contributed by atoms with Crippen molar-refractivity contribution in [1.29, 1.82) is 0 Å². The lowest BCUT2D eigenvalue weighted by Crippen LogP contribution is -2.43. The molecule has 0 saturated carbocycles. The van der Waals surface area contributed by atoms with Gasteiger partial charge in [-0.2, -0.15) is 0 Å². The summed E-state index contributed by atoms with van der Waals surface area (Å²) in [5.74, 6) is 1.44. The summed E-state index contributed by atoms with van der Waals surface area (Å²) in [4.78, 5) is 7.17. The fraction of sp³-hybridized carbons (Fsp3) is 0.500. The number of hydrogen-bond acceptors (Lipinski definition) is 3. The molecule has 0 amide bonds. The Morgan fingerprint density at radius 1 is 1.41 bits per heavy atom. The molecule has 1 aromatic carbocycles. The van der Waals surface area contributed by atoms with Gasteiger partial charge in [-0.3, -0.25) is 9.89 Å². The third kappa shape index (κ3) is 1.57. The SMILES string of the molecule is COc1ccc2c(c1)C1CCN(C)C(C)C1=N2. The second kappa shape index (κ2) is 3.84. The average molecular weight is 230 g/mol. The minimum absolute atomic E-state index is 0.451. The molecule has 2 heterocycles. The zero-order valence-electron chi connectivity index (χ0n) is 10.6. The monoisotopic (exact) mass is 230 g/mol. The van der Waals surface area contributed by atoms with Gasteiger partial charge in [0.2, 0.25) is 0 Å². The van der Waals surface area contributed by atoms with Gasteiger partial charge in [0.15, 0.2) is 0 Å². The first kappa shape index (κ1) is 10.8. The number of rotatable bonds is 1. The lowest BCUT2D eigenvalue weighted by atomic mass is 9.86. The van der Waals surface area contributed by atoms with Gasteiger partial charge < -0.3 is 4.74 Å². The maximum absolute atomic E-state index is 5.31. The zero-order valence-corrected chi connectivity index (χ0v) is 10.6. The first-order valence-electron chi connectivity index (χ1n) is 6.17. The summed E-state index contributed by atoms with van der Waals surface area (Å²) >= 11 is 0. The third-order valence-electron chi connectivity index (χ3n) is 4.08. The van der Waals surface area contributed by atoms with Crippen molar-refractivity contribution in [3.8, 4) is 5.75 Å². The molecule has 0 spiro atoms. The molecule has 2 aliphatic heterocycles. The van der Waals surface area contributed by atoms with Crippen LogP contribution in [0.3, 0.4) is 0 Å². The second-order valence-electron chi connectivity index (χ2n) is 4.96. The minimum Gasteiger partial charge on any atom is -0.497 e. The number of methoxy groups -OCH3 is 1. The Balaban J connectivity index is 2.02. The van der Waals surface area contributed by atoms with Gasteiger partial charge in [-0.1, -0.05) is 0 Å². The fourth-order valence-corrected chi connectivity index (χ4v) is 2.86. The number of ether oxygens (including phenoxy) is 1. The molecule has 90 valence electrons. The molecule has 0 radical (unpaired) electrons. The molecular weight excluding hydrogens is 212 g/mol. The second-order valence-corrected chi connectivity index (χ2v) is 4.96. The summed E-state index contributed by atoms with van der Waals surface area (Å²) in [6, 6.07) is 6.67. The van der Waals surface area contributed by atoms with Gasteiger partial charge in [-0.25, -0.2) is 0 Å². The van der Waals surface area contributed by atoms with E-state index in [1.54, 1.807) is 7.11 Å². The maximum Gasteiger partial charge on any atom is 0.119 e. The first-order valence-corrected chi connectivity index (χ1v) is 6.17. The van der Waals surface area contributed by atoms with Crippen LogP contribution in [-0.4, -0.2) is 37.4 Å². The van der Waals surface area contributed by atoms with E-state index in [9.17, 15) is 0 Å². The van der Waals surface area contributed by atoms with Gasteiger partial charge in [0.05, 0.1) is 12.8 Å². The van der Waals surface area contributed by atoms with Crippen molar-refractivity contribution in [3.63, 3.8) is 0 Å². The summed E-state index contributed by atoms with van der Waals surface area (Å²) in [6.07, 6.45) is 1.17. The molecule has 0 aliphatic carbocycles. The highest BCUT2D eigenvalue weighted by Gasteiger charge is 2.35. The Labute approximate surface area is 102 Å². The van der Waals surface area contributed by atoms with Crippen LogP contribution in [0, 0.1) is 0 Å². The van der Waals surface area contributed by atoms with Gasteiger partial charge in [0.25, 0.3) is 0 Å². The van der Waals surface area contributed by atoms with Gasteiger partial charge in [0, 0.05) is 17.7 Å². The molecule has 3 rings (SSSR count). The normalized spacial score (nSPS) is 27.4. The molecule has 1 fully saturated rings. The van der Waals surface area contributed by atoms with Crippen LogP contribution in [0.4, 0.5) is 5.69 Å². The van der Waals surface area contributed by atoms with Crippen molar-refractivity contribution in [2.45, 2.75) is 25.3 Å². The number of hydrogen-bond donors (Lipinski definition) is 0. The lowest BCUT2D eigenvalue weighted by Gasteiger charge is -2.34. The van der Waals surface area contributed by atoms with E-state index in [0.29, 0.717) is 12.0 Å². The van der Waals surface area contributed by atoms with E-state index in [1.165, 1.54) is 17.7 Å². The van der Waals surface area contributed by atoms with Crippen LogP contribution in [0.25, 0.3) is 0 Å². The number of piperidine rings is 1. The maximum atomic E-state index is 5.31. The first-order chi connectivity index (χ1) is 8.20. The summed E-state index contributed by atoms with van der Waals surface area (Å²) in [6.45, 7) is 3.38. The highest BCUT2D eigenvalue weighted by molar-refractivity contribution is 6.02. The van der Waals surface area contributed by atoms with Crippen molar-refractivity contribution in [1.82, 2.24) is 4.90 Å². The van der Waals surface area contributed by atoms with Crippen LogP contribution < -0.4 is 4.74 Å². The molecule has 1 saturated heterocycles. The molecule has 0 N–H and O–H groups in total. The molecule has 2 unspecified atom stereocenters. The van der Waals surface area contributed by atoms with E-state index in [4.69, 9.17) is 9.73 Å². The molecule has 17 heavy (non-hydrogen) atoms. The Bertz CT molecular complexity index is 481. The Hall–Kier alpha value is -1.35. The molecule has 2 atom stereocenters. The molecule has 2 aliphatic rings. The topological polar surface area (TPSA) is 24.8 Å². The predicted molar refractivity (Wildman–Crippen MR) is 69.5 cm³/mol. The third-order valence-corrected chi connectivity index (χ3v) is 4.08. The molecular formula is C14H18N2O. The predicted octanol–water partition coefficient (Wildman–Crippen LogP) is 2.59. The Morgan fingerprint density at radius 3 is 3.00 bits per heavy atom. The molecule has 0 bridgehead atoms. The van der Waals surface area contributed by atoms with E-state index in [1.807, 2.05) is 6.07 Å². The van der Waals surface area contributed by atoms with Crippen molar-refractivity contribution < 1.29 is 4.74 Å². The van der Waals surface area contributed by atoms with Crippen LogP contribution in [0.15, 0.2) is 23.2 Å². The molecule has 1 aromatic rings. The van der Waals surface area contributed by atoms with E-state index >= 15 is 0 Å². The van der Waals surface area contributed by atoms with Crippen LogP contribution in [-0.2, 0) is 0 Å². The van der Waals surface area contributed by atoms with E-state index in [2.05, 4.69) is 31.0 Å². The molecule has 3 heteroatoms. The van der Waals surface area contributed by atoms with Crippen molar-refractivity contribution in [3.05, 3.63) is 23.8 Å². The highest BCUT2D eigenvalue weighted by Crippen LogP contribution is 2.42. The highest BCUT2D eigenvalue weighted by atomic mass is 16.5. The van der Waals surface area contributed by atoms with E-state index in [0.717, 1.165) is 18.0 Å². The molecule has 0 aromatic heterocycles.